The fraction of sp³-hybridized carbons (Fsp3) is 0.316. The zero-order valence-corrected chi connectivity index (χ0v) is 14.2. The molecule has 1 aromatic carbocycles. The maximum absolute atomic E-state index is 11.5. The smallest absolute Gasteiger partial charge is 0.259 e. The Labute approximate surface area is 146 Å². The average Bonchev–Trinajstić information content (AvgIpc) is 2.65. The van der Waals surface area contributed by atoms with Gasteiger partial charge in [-0.25, -0.2) is 4.98 Å². The topological polar surface area (TPSA) is 92.2 Å². The number of nitrogens with zero attached hydrogens (tertiary/aromatic N) is 3. The van der Waals surface area contributed by atoms with Gasteiger partial charge >= 0.3 is 0 Å². The molecule has 6 nitrogen and oxygen atoms in total. The summed E-state index contributed by atoms with van der Waals surface area (Å²) in [6, 6.07) is 9.46. The lowest BCUT2D eigenvalue weighted by atomic mass is 10.1. The number of pyridine rings is 1. The lowest BCUT2D eigenvalue weighted by Gasteiger charge is -2.29. The number of ether oxygens (including phenoxy) is 1. The second-order valence-electron chi connectivity index (χ2n) is 6.04. The molecule has 0 aliphatic carbocycles. The summed E-state index contributed by atoms with van der Waals surface area (Å²) in [5, 5.41) is 10.1. The normalized spacial score (nSPS) is 15.0. The van der Waals surface area contributed by atoms with Gasteiger partial charge < -0.3 is 15.4 Å². The van der Waals surface area contributed by atoms with E-state index in [4.69, 9.17) is 15.5 Å². The van der Waals surface area contributed by atoms with Crippen molar-refractivity contribution < 1.29 is 9.53 Å². The number of nitriles is 1. The highest BCUT2D eigenvalue weighted by atomic mass is 16.5. The zero-order chi connectivity index (χ0) is 17.8. The molecule has 1 saturated heterocycles. The van der Waals surface area contributed by atoms with Crippen molar-refractivity contribution in [3.05, 3.63) is 35.4 Å². The second-order valence-corrected chi connectivity index (χ2v) is 6.04. The number of amides is 1. The number of primary amides is 1. The van der Waals surface area contributed by atoms with Crippen LogP contribution in [0.3, 0.4) is 0 Å². The highest BCUT2D eigenvalue weighted by molar-refractivity contribution is 6.01. The van der Waals surface area contributed by atoms with E-state index >= 15 is 0 Å². The molecule has 128 valence electrons. The van der Waals surface area contributed by atoms with Crippen molar-refractivity contribution in [3.8, 4) is 11.8 Å². The van der Waals surface area contributed by atoms with E-state index in [2.05, 4.69) is 4.90 Å². The molecule has 0 saturated carbocycles. The molecule has 2 heterocycles. The third-order valence-electron chi connectivity index (χ3n) is 4.37. The lowest BCUT2D eigenvalue weighted by molar-refractivity contribution is -0.114. The third-order valence-corrected chi connectivity index (χ3v) is 4.37. The summed E-state index contributed by atoms with van der Waals surface area (Å²) in [5.41, 5.74) is 6.78. The number of methoxy groups -OCH3 is 1. The molecule has 0 spiro atoms. The summed E-state index contributed by atoms with van der Waals surface area (Å²) in [6.45, 7) is 1.82. The summed E-state index contributed by atoms with van der Waals surface area (Å²) >= 11 is 0. The molecule has 1 amide bonds. The lowest BCUT2D eigenvalue weighted by Crippen LogP contribution is -2.30. The maximum Gasteiger partial charge on any atom is 0.259 e. The maximum atomic E-state index is 11.5. The predicted octanol–water partition coefficient (Wildman–Crippen LogP) is 2.63. The summed E-state index contributed by atoms with van der Waals surface area (Å²) in [6.07, 6.45) is 4.94. The van der Waals surface area contributed by atoms with Gasteiger partial charge in [-0.3, -0.25) is 4.79 Å². The Morgan fingerprint density at radius 3 is 2.72 bits per heavy atom. The average molecular weight is 336 g/mol. The predicted molar refractivity (Wildman–Crippen MR) is 97.1 cm³/mol. The minimum Gasteiger partial charge on any atom is -0.497 e. The Bertz CT molecular complexity index is 877. The quantitative estimate of drug-likeness (QED) is 0.684. The SMILES string of the molecule is COc1ccc2nc(N3CCCCC3)c(/C=C(\C#N)C(N)=O)cc2c1. The first-order valence-electron chi connectivity index (χ1n) is 8.27. The van der Waals surface area contributed by atoms with E-state index in [-0.39, 0.29) is 5.57 Å². The van der Waals surface area contributed by atoms with Crippen LogP contribution >= 0.6 is 0 Å². The number of carbonyl (C=O) groups is 1. The Morgan fingerprint density at radius 1 is 1.32 bits per heavy atom. The number of hydrogen-bond donors (Lipinski definition) is 1. The van der Waals surface area contributed by atoms with Crippen LogP contribution in [0.4, 0.5) is 5.82 Å². The highest BCUT2D eigenvalue weighted by Gasteiger charge is 2.17. The minimum absolute atomic E-state index is 0.0812. The number of hydrogen-bond acceptors (Lipinski definition) is 5. The Morgan fingerprint density at radius 2 is 2.08 bits per heavy atom. The van der Waals surface area contributed by atoms with Gasteiger partial charge in [-0.15, -0.1) is 0 Å². The first-order chi connectivity index (χ1) is 12.1. The first kappa shape index (κ1) is 16.8. The van der Waals surface area contributed by atoms with Crippen LogP contribution in [0.5, 0.6) is 5.75 Å². The molecule has 2 N–H and O–H groups in total. The van der Waals surface area contributed by atoms with Crippen LogP contribution in [-0.4, -0.2) is 31.1 Å². The Kier molecular flexibility index (Phi) is 4.85. The zero-order valence-electron chi connectivity index (χ0n) is 14.2. The molecule has 0 atom stereocenters. The third kappa shape index (κ3) is 3.56. The number of anilines is 1. The molecular weight excluding hydrogens is 316 g/mol. The largest absolute Gasteiger partial charge is 0.497 e. The van der Waals surface area contributed by atoms with E-state index in [0.29, 0.717) is 0 Å². The summed E-state index contributed by atoms with van der Waals surface area (Å²) < 4.78 is 5.27. The number of piperidine rings is 1. The van der Waals surface area contributed by atoms with Gasteiger partial charge in [0.1, 0.15) is 23.2 Å². The van der Waals surface area contributed by atoms with Crippen molar-refractivity contribution in [1.29, 1.82) is 5.26 Å². The van der Waals surface area contributed by atoms with Crippen molar-refractivity contribution >= 4 is 28.7 Å². The summed E-state index contributed by atoms with van der Waals surface area (Å²) in [5.74, 6) is 0.773. The summed E-state index contributed by atoms with van der Waals surface area (Å²) in [4.78, 5) is 18.5. The van der Waals surface area contributed by atoms with Gasteiger partial charge in [0.05, 0.1) is 12.6 Å². The Balaban J connectivity index is 2.18. The van der Waals surface area contributed by atoms with Gasteiger partial charge in [-0.1, -0.05) is 0 Å². The molecule has 0 radical (unpaired) electrons. The van der Waals surface area contributed by atoms with Crippen molar-refractivity contribution in [3.63, 3.8) is 0 Å². The first-order valence-corrected chi connectivity index (χ1v) is 8.27. The van der Waals surface area contributed by atoms with Crippen LogP contribution in [-0.2, 0) is 4.79 Å². The molecule has 3 rings (SSSR count). The van der Waals surface area contributed by atoms with Gasteiger partial charge in [0, 0.05) is 24.0 Å². The fourth-order valence-electron chi connectivity index (χ4n) is 3.07. The molecular formula is C19H20N4O2. The van der Waals surface area contributed by atoms with Gasteiger partial charge in [0.2, 0.25) is 0 Å². The Hall–Kier alpha value is -3.07. The standard InChI is InChI=1S/C19H20N4O2/c1-25-16-5-6-17-13(11-16)9-14(10-15(12-20)18(21)24)19(22-17)23-7-3-2-4-8-23/h5-6,9-11H,2-4,7-8H2,1H3,(H2,21,24)/b15-10+. The highest BCUT2D eigenvalue weighted by Crippen LogP contribution is 2.29. The van der Waals surface area contributed by atoms with Gasteiger partial charge in [-0.2, -0.15) is 5.26 Å². The van der Waals surface area contributed by atoms with E-state index in [0.717, 1.165) is 54.0 Å². The molecule has 1 aliphatic heterocycles. The number of carbonyl (C=O) groups excluding carboxylic acids is 1. The number of rotatable bonds is 4. The molecule has 1 fully saturated rings. The number of benzene rings is 1. The van der Waals surface area contributed by atoms with Crippen molar-refractivity contribution in [2.24, 2.45) is 5.73 Å². The molecule has 1 aliphatic rings. The molecule has 0 unspecified atom stereocenters. The van der Waals surface area contributed by atoms with Crippen molar-refractivity contribution in [2.45, 2.75) is 19.3 Å². The van der Waals surface area contributed by atoms with Crippen molar-refractivity contribution in [1.82, 2.24) is 4.98 Å². The van der Waals surface area contributed by atoms with Crippen molar-refractivity contribution in [2.75, 3.05) is 25.1 Å². The van der Waals surface area contributed by atoms with Gasteiger partial charge in [0.15, 0.2) is 0 Å². The van der Waals surface area contributed by atoms with E-state index in [1.54, 1.807) is 7.11 Å². The van der Waals surface area contributed by atoms with Crippen LogP contribution in [0.25, 0.3) is 17.0 Å². The van der Waals surface area contributed by atoms with Crippen LogP contribution in [0.2, 0.25) is 0 Å². The van der Waals surface area contributed by atoms with E-state index in [9.17, 15) is 10.1 Å². The number of nitrogens with two attached hydrogens (primary N) is 1. The molecule has 25 heavy (non-hydrogen) atoms. The second kappa shape index (κ2) is 7.22. The van der Waals surface area contributed by atoms with Crippen LogP contribution in [0.1, 0.15) is 24.8 Å². The van der Waals surface area contributed by atoms with Crippen LogP contribution < -0.4 is 15.4 Å². The van der Waals surface area contributed by atoms with Crippen LogP contribution in [0.15, 0.2) is 29.8 Å². The monoisotopic (exact) mass is 336 g/mol. The van der Waals surface area contributed by atoms with E-state index in [1.807, 2.05) is 30.3 Å². The molecule has 0 bridgehead atoms. The van der Waals surface area contributed by atoms with Gasteiger partial charge in [-0.05, 0) is 49.6 Å². The fourth-order valence-corrected chi connectivity index (χ4v) is 3.07. The number of fused-ring (bicyclic) bond motifs is 1. The minimum atomic E-state index is -0.738. The molecule has 6 heteroatoms. The van der Waals surface area contributed by atoms with Gasteiger partial charge in [0.25, 0.3) is 5.91 Å². The molecule has 1 aromatic heterocycles. The van der Waals surface area contributed by atoms with E-state index in [1.165, 1.54) is 12.5 Å². The van der Waals surface area contributed by atoms with E-state index < -0.39 is 5.91 Å². The van der Waals surface area contributed by atoms with Crippen LogP contribution in [0, 0.1) is 11.3 Å². The summed E-state index contributed by atoms with van der Waals surface area (Å²) in [7, 11) is 1.61. The molecule has 2 aromatic rings. The number of aromatic nitrogens is 1.